The lowest BCUT2D eigenvalue weighted by Crippen LogP contribution is -2.26. The summed E-state index contributed by atoms with van der Waals surface area (Å²) in [7, 11) is 1.38. The minimum Gasteiger partial charge on any atom is -0.465 e. The number of carbonyl (C=O) groups excluding carboxylic acids is 1. The van der Waals surface area contributed by atoms with Gasteiger partial charge >= 0.3 is 5.97 Å². The van der Waals surface area contributed by atoms with Crippen LogP contribution in [-0.2, 0) is 20.6 Å². The molecule has 1 aliphatic rings. The lowest BCUT2D eigenvalue weighted by molar-refractivity contribution is -0.146. The van der Waals surface area contributed by atoms with E-state index in [-0.39, 0.29) is 5.97 Å². The fraction of sp³-hybridized carbons (Fsp3) is 0.500. The molecule has 0 aliphatic carbocycles. The lowest BCUT2D eigenvalue weighted by atomic mass is 10.0. The highest BCUT2D eigenvalue weighted by Crippen LogP contribution is 2.24. The van der Waals surface area contributed by atoms with E-state index < -0.39 is 5.79 Å². The molecule has 2 rings (SSSR count). The number of benzene rings is 1. The van der Waals surface area contributed by atoms with E-state index in [4.69, 9.17) is 9.47 Å². The Labute approximate surface area is 107 Å². The van der Waals surface area contributed by atoms with Crippen molar-refractivity contribution in [2.24, 2.45) is 0 Å². The van der Waals surface area contributed by atoms with Crippen LogP contribution < -0.4 is 0 Å². The summed E-state index contributed by atoms with van der Waals surface area (Å²) in [6.45, 7) is 3.29. The fourth-order valence-corrected chi connectivity index (χ4v) is 2.00. The number of aryl methyl sites for hydroxylation is 1. The van der Waals surface area contributed by atoms with Crippen molar-refractivity contribution in [3.63, 3.8) is 0 Å². The van der Waals surface area contributed by atoms with E-state index >= 15 is 0 Å². The number of ether oxygens (including phenoxy) is 3. The third kappa shape index (κ3) is 3.09. The number of hydrogen-bond donors (Lipinski definition) is 0. The second-order valence-corrected chi connectivity index (χ2v) is 4.52. The summed E-state index contributed by atoms with van der Waals surface area (Å²) < 4.78 is 15.7. The summed E-state index contributed by atoms with van der Waals surface area (Å²) in [6.07, 6.45) is 1.67. The molecule has 1 saturated heterocycles. The first-order valence-corrected chi connectivity index (χ1v) is 6.08. The minimum absolute atomic E-state index is 0.309. The molecule has 0 aromatic heterocycles. The lowest BCUT2D eigenvalue weighted by Gasteiger charge is -2.22. The summed E-state index contributed by atoms with van der Waals surface area (Å²) in [6, 6.07) is 7.43. The van der Waals surface area contributed by atoms with Crippen molar-refractivity contribution in [3.8, 4) is 0 Å². The Morgan fingerprint density at radius 2 is 1.89 bits per heavy atom. The molecule has 0 radical (unpaired) electrons. The summed E-state index contributed by atoms with van der Waals surface area (Å²) in [5, 5.41) is 0. The molecule has 1 heterocycles. The standard InChI is InChI=1S/C14H18O4/c1-14(17-9-10-18-14)8-7-11-3-5-12(6-4-11)13(15)16-2/h3-6H,7-10H2,1-2H3. The molecule has 1 fully saturated rings. The Bertz CT molecular complexity index is 404. The molecule has 0 amide bonds. The van der Waals surface area contributed by atoms with E-state index in [0.29, 0.717) is 18.8 Å². The number of esters is 1. The zero-order valence-corrected chi connectivity index (χ0v) is 10.8. The summed E-state index contributed by atoms with van der Waals surface area (Å²) in [5.74, 6) is -0.767. The van der Waals surface area contributed by atoms with E-state index in [1.807, 2.05) is 19.1 Å². The Morgan fingerprint density at radius 3 is 2.44 bits per heavy atom. The fourth-order valence-electron chi connectivity index (χ4n) is 2.00. The van der Waals surface area contributed by atoms with Crippen molar-refractivity contribution in [1.82, 2.24) is 0 Å². The van der Waals surface area contributed by atoms with Crippen LogP contribution in [0.2, 0.25) is 0 Å². The maximum atomic E-state index is 11.3. The molecule has 1 aliphatic heterocycles. The summed E-state index contributed by atoms with van der Waals surface area (Å²) in [4.78, 5) is 11.3. The maximum absolute atomic E-state index is 11.3. The summed E-state index contributed by atoms with van der Waals surface area (Å²) >= 11 is 0. The average molecular weight is 250 g/mol. The van der Waals surface area contributed by atoms with Crippen LogP contribution in [0.25, 0.3) is 0 Å². The SMILES string of the molecule is COC(=O)c1ccc(CCC2(C)OCCO2)cc1. The van der Waals surface area contributed by atoms with E-state index in [0.717, 1.165) is 18.4 Å². The van der Waals surface area contributed by atoms with Gasteiger partial charge in [-0.15, -0.1) is 0 Å². The molecule has 4 heteroatoms. The van der Waals surface area contributed by atoms with Crippen LogP contribution in [0.1, 0.15) is 29.3 Å². The highest BCUT2D eigenvalue weighted by molar-refractivity contribution is 5.89. The van der Waals surface area contributed by atoms with Crippen LogP contribution in [-0.4, -0.2) is 32.1 Å². The first-order valence-electron chi connectivity index (χ1n) is 6.08. The number of methoxy groups -OCH3 is 1. The second-order valence-electron chi connectivity index (χ2n) is 4.52. The predicted molar refractivity (Wildman–Crippen MR) is 66.4 cm³/mol. The Balaban J connectivity index is 1.92. The largest absolute Gasteiger partial charge is 0.465 e. The molecule has 0 bridgehead atoms. The van der Waals surface area contributed by atoms with Gasteiger partial charge in [-0.05, 0) is 31.0 Å². The van der Waals surface area contributed by atoms with Crippen LogP contribution in [0.4, 0.5) is 0 Å². The van der Waals surface area contributed by atoms with Gasteiger partial charge in [0.1, 0.15) is 0 Å². The summed E-state index contributed by atoms with van der Waals surface area (Å²) in [5.41, 5.74) is 1.73. The Morgan fingerprint density at radius 1 is 1.28 bits per heavy atom. The van der Waals surface area contributed by atoms with Crippen LogP contribution in [0.15, 0.2) is 24.3 Å². The van der Waals surface area contributed by atoms with Crippen LogP contribution in [0, 0.1) is 0 Å². The molecular weight excluding hydrogens is 232 g/mol. The molecule has 98 valence electrons. The maximum Gasteiger partial charge on any atom is 0.337 e. The highest BCUT2D eigenvalue weighted by atomic mass is 16.7. The van der Waals surface area contributed by atoms with Gasteiger partial charge in [-0.25, -0.2) is 4.79 Å². The molecule has 1 aromatic rings. The van der Waals surface area contributed by atoms with Gasteiger partial charge in [0.15, 0.2) is 5.79 Å². The monoisotopic (exact) mass is 250 g/mol. The van der Waals surface area contributed by atoms with Crippen molar-refractivity contribution in [3.05, 3.63) is 35.4 Å². The second kappa shape index (κ2) is 5.50. The Hall–Kier alpha value is -1.39. The molecular formula is C14H18O4. The minimum atomic E-state index is -0.457. The van der Waals surface area contributed by atoms with Gasteiger partial charge in [-0.2, -0.15) is 0 Å². The molecule has 1 aromatic carbocycles. The first-order chi connectivity index (χ1) is 8.63. The molecule has 0 saturated carbocycles. The third-order valence-corrected chi connectivity index (χ3v) is 3.14. The molecule has 0 atom stereocenters. The van der Waals surface area contributed by atoms with Crippen molar-refractivity contribution in [1.29, 1.82) is 0 Å². The number of carbonyl (C=O) groups is 1. The smallest absolute Gasteiger partial charge is 0.337 e. The van der Waals surface area contributed by atoms with Crippen molar-refractivity contribution in [2.45, 2.75) is 25.6 Å². The van der Waals surface area contributed by atoms with Crippen molar-refractivity contribution < 1.29 is 19.0 Å². The van der Waals surface area contributed by atoms with E-state index in [2.05, 4.69) is 4.74 Å². The van der Waals surface area contributed by atoms with Crippen LogP contribution >= 0.6 is 0 Å². The Kier molecular flexibility index (Phi) is 3.99. The molecule has 18 heavy (non-hydrogen) atoms. The van der Waals surface area contributed by atoms with Crippen molar-refractivity contribution >= 4 is 5.97 Å². The van der Waals surface area contributed by atoms with E-state index in [1.165, 1.54) is 7.11 Å². The van der Waals surface area contributed by atoms with Gasteiger partial charge < -0.3 is 14.2 Å². The zero-order chi connectivity index (χ0) is 13.0. The van der Waals surface area contributed by atoms with Crippen molar-refractivity contribution in [2.75, 3.05) is 20.3 Å². The van der Waals surface area contributed by atoms with Crippen LogP contribution in [0.3, 0.4) is 0 Å². The highest BCUT2D eigenvalue weighted by Gasteiger charge is 2.30. The normalized spacial score (nSPS) is 17.7. The zero-order valence-electron chi connectivity index (χ0n) is 10.8. The first kappa shape index (κ1) is 13.1. The van der Waals surface area contributed by atoms with Gasteiger partial charge in [0.2, 0.25) is 0 Å². The molecule has 0 N–H and O–H groups in total. The number of rotatable bonds is 4. The van der Waals surface area contributed by atoms with Gasteiger partial charge in [0.25, 0.3) is 0 Å². The van der Waals surface area contributed by atoms with E-state index in [9.17, 15) is 4.79 Å². The van der Waals surface area contributed by atoms with Crippen LogP contribution in [0.5, 0.6) is 0 Å². The van der Waals surface area contributed by atoms with Gasteiger partial charge in [0, 0.05) is 6.42 Å². The molecule has 0 unspecified atom stereocenters. The van der Waals surface area contributed by atoms with Gasteiger partial charge in [-0.1, -0.05) is 12.1 Å². The quantitative estimate of drug-likeness (QED) is 0.768. The third-order valence-electron chi connectivity index (χ3n) is 3.14. The topological polar surface area (TPSA) is 44.8 Å². The molecule has 0 spiro atoms. The predicted octanol–water partition coefficient (Wildman–Crippen LogP) is 2.17. The number of hydrogen-bond acceptors (Lipinski definition) is 4. The van der Waals surface area contributed by atoms with Gasteiger partial charge in [-0.3, -0.25) is 0 Å². The van der Waals surface area contributed by atoms with E-state index in [1.54, 1.807) is 12.1 Å². The van der Waals surface area contributed by atoms with Gasteiger partial charge in [0.05, 0.1) is 25.9 Å². The molecule has 4 nitrogen and oxygen atoms in total. The average Bonchev–Trinajstić information content (AvgIpc) is 2.83.